The zero-order valence-corrected chi connectivity index (χ0v) is 56.3. The van der Waals surface area contributed by atoms with Crippen molar-refractivity contribution >= 4 is 57.8 Å². The Kier molecular flexibility index (Phi) is 29.9. The van der Waals surface area contributed by atoms with Gasteiger partial charge in [-0.05, 0) is 84.3 Å². The van der Waals surface area contributed by atoms with Crippen LogP contribution in [0.15, 0.2) is 121 Å². The molecule has 6 aromatic rings. The molecular formula is C82H104N2O10. The molecule has 2 aliphatic carbocycles. The molecule has 0 spiro atoms. The summed E-state index contributed by atoms with van der Waals surface area (Å²) in [4.78, 5) is 78.8. The van der Waals surface area contributed by atoms with Crippen LogP contribution >= 0.6 is 0 Å². The number of esters is 2. The Morgan fingerprint density at radius 3 is 0.957 bits per heavy atom. The first kappa shape index (κ1) is 72.0. The van der Waals surface area contributed by atoms with E-state index in [0.29, 0.717) is 61.4 Å². The van der Waals surface area contributed by atoms with Crippen LogP contribution < -0.4 is 10.6 Å². The molecule has 94 heavy (non-hydrogen) atoms. The highest BCUT2D eigenvalue weighted by Crippen LogP contribution is 2.41. The zero-order chi connectivity index (χ0) is 66.3. The van der Waals surface area contributed by atoms with Gasteiger partial charge in [-0.15, -0.1) is 0 Å². The fourth-order valence-corrected chi connectivity index (χ4v) is 13.9. The highest BCUT2D eigenvalue weighted by Gasteiger charge is 2.36. The third-order valence-corrected chi connectivity index (χ3v) is 19.3. The topological polar surface area (TPSA) is 185 Å². The van der Waals surface area contributed by atoms with Crippen LogP contribution in [0, 0.1) is 11.8 Å². The number of carbonyl (C=O) groups excluding carboxylic acids is 6. The molecule has 6 aromatic carbocycles. The maximum absolute atomic E-state index is 13.5. The van der Waals surface area contributed by atoms with Crippen molar-refractivity contribution in [3.05, 3.63) is 177 Å². The van der Waals surface area contributed by atoms with Crippen LogP contribution in [0.2, 0.25) is 0 Å². The Balaban J connectivity index is 0.650. The fraction of sp³-hybridized carbons (Fsp3) is 0.488. The summed E-state index contributed by atoms with van der Waals surface area (Å²) in [6, 6.07) is 34.8. The van der Waals surface area contributed by atoms with Gasteiger partial charge in [0.15, 0.2) is 23.1 Å². The van der Waals surface area contributed by atoms with Gasteiger partial charge in [-0.2, -0.15) is 0 Å². The highest BCUT2D eigenvalue weighted by atomic mass is 16.5. The van der Waals surface area contributed by atoms with Crippen molar-refractivity contribution < 1.29 is 48.5 Å². The van der Waals surface area contributed by atoms with E-state index in [4.69, 9.17) is 9.47 Å². The van der Waals surface area contributed by atoms with Crippen molar-refractivity contribution in [2.24, 2.45) is 11.8 Å². The average Bonchev–Trinajstić information content (AvgIpc) is 0.756. The van der Waals surface area contributed by atoms with E-state index in [0.717, 1.165) is 72.9 Å². The van der Waals surface area contributed by atoms with Crippen molar-refractivity contribution in [1.29, 1.82) is 0 Å². The molecule has 0 heterocycles. The number of ether oxygens (including phenoxy) is 2. The van der Waals surface area contributed by atoms with Crippen LogP contribution in [-0.4, -0.2) is 58.5 Å². The molecule has 12 heteroatoms. The lowest BCUT2D eigenvalue weighted by Crippen LogP contribution is -2.22. The molecule has 2 atom stereocenters. The summed E-state index contributed by atoms with van der Waals surface area (Å²) in [5.41, 5.74) is 5.96. The predicted octanol–water partition coefficient (Wildman–Crippen LogP) is 20.8. The molecule has 0 bridgehead atoms. The number of benzene rings is 6. The number of ketones is 4. The number of carbonyl (C=O) groups is 6. The SMILES string of the molecule is CCCCCCCC(CCCCCCCCCCC(=O)OCCc1ccc(Nc2ccc(O)c3c2C(=O)c2ccccc2C3=O)cc1)C(CCCCCCC)CCCCCCCCCCC(=O)OCCc1ccc(Nc2ccc(O)c3c2C(=O)c2ccccc2C3=O)cc1. The number of rotatable bonds is 45. The van der Waals surface area contributed by atoms with Gasteiger partial charge in [0.2, 0.25) is 0 Å². The van der Waals surface area contributed by atoms with E-state index in [-0.39, 0.29) is 80.0 Å². The van der Waals surface area contributed by atoms with Gasteiger partial charge >= 0.3 is 11.9 Å². The molecule has 0 fully saturated rings. The van der Waals surface area contributed by atoms with E-state index in [9.17, 15) is 39.0 Å². The van der Waals surface area contributed by atoms with E-state index in [2.05, 4.69) is 24.5 Å². The van der Waals surface area contributed by atoms with Crippen molar-refractivity contribution in [2.75, 3.05) is 23.8 Å². The van der Waals surface area contributed by atoms with Crippen LogP contribution in [0.1, 0.15) is 294 Å². The molecule has 0 aromatic heterocycles. The minimum atomic E-state index is -0.375. The third kappa shape index (κ3) is 21.6. The number of nitrogens with one attached hydrogen (secondary N) is 2. The van der Waals surface area contributed by atoms with Gasteiger partial charge in [-0.25, -0.2) is 0 Å². The Hall–Kier alpha value is -7.86. The molecule has 4 N–H and O–H groups in total. The summed E-state index contributed by atoms with van der Waals surface area (Å²) < 4.78 is 11.2. The maximum atomic E-state index is 13.5. The van der Waals surface area contributed by atoms with Gasteiger partial charge in [0.1, 0.15) is 11.5 Å². The first-order valence-electron chi connectivity index (χ1n) is 36.1. The lowest BCUT2D eigenvalue weighted by molar-refractivity contribution is -0.144. The first-order chi connectivity index (χ1) is 45.9. The Bertz CT molecular complexity index is 3180. The first-order valence-corrected chi connectivity index (χ1v) is 36.1. The second-order valence-corrected chi connectivity index (χ2v) is 26.4. The molecule has 0 radical (unpaired) electrons. The van der Waals surface area contributed by atoms with Gasteiger partial charge in [-0.1, -0.05) is 266 Å². The molecule has 0 saturated carbocycles. The predicted molar refractivity (Wildman–Crippen MR) is 378 cm³/mol. The summed E-state index contributed by atoms with van der Waals surface area (Å²) >= 11 is 0. The second kappa shape index (κ2) is 39.1. The van der Waals surface area contributed by atoms with Crippen LogP contribution in [-0.2, 0) is 31.9 Å². The standard InChI is InChI=1S/C82H104N2O10/c1-3-5-7-17-23-33-61(35-25-19-13-9-11-15-21-27-41-73(87)93-57-55-59-43-47-63(48-44-59)83-69-51-53-71(85)77-75(69)79(89)65-37-29-31-39-67(65)81(77)91)62(34-24-18-8-6-4-2)36-26-20-14-10-12-16-22-28-42-74(88)94-58-56-60-45-49-64(50-46-60)84-70-52-54-72(86)78-76(70)80(90)66-38-30-32-40-68(66)82(78)92/h29-32,37-40,43-54,61-62,83-86H,3-28,33-36,41-42,55-58H2,1-2H3. The normalized spacial score (nSPS) is 13.0. The minimum Gasteiger partial charge on any atom is -0.507 e. The monoisotopic (exact) mass is 1280 g/mol. The lowest BCUT2D eigenvalue weighted by atomic mass is 9.78. The summed E-state index contributed by atoms with van der Waals surface area (Å²) in [6.07, 6.45) is 40.1. The smallest absolute Gasteiger partial charge is 0.305 e. The van der Waals surface area contributed by atoms with E-state index >= 15 is 0 Å². The van der Waals surface area contributed by atoms with Crippen LogP contribution in [0.25, 0.3) is 0 Å². The minimum absolute atomic E-state index is 0.0146. The quantitative estimate of drug-likeness (QED) is 0.0161. The molecule has 0 saturated heterocycles. The van der Waals surface area contributed by atoms with E-state index < -0.39 is 0 Å². The lowest BCUT2D eigenvalue weighted by Gasteiger charge is -2.28. The average molecular weight is 1280 g/mol. The summed E-state index contributed by atoms with van der Waals surface area (Å²) in [7, 11) is 0. The number of anilines is 4. The van der Waals surface area contributed by atoms with Gasteiger partial charge in [0, 0.05) is 59.3 Å². The van der Waals surface area contributed by atoms with E-state index in [1.807, 2.05) is 48.5 Å². The molecule has 0 aliphatic heterocycles. The van der Waals surface area contributed by atoms with E-state index in [1.54, 1.807) is 60.7 Å². The van der Waals surface area contributed by atoms with Gasteiger partial charge in [0.05, 0.1) is 46.8 Å². The molecule has 0 amide bonds. The molecule has 12 nitrogen and oxygen atoms in total. The van der Waals surface area contributed by atoms with Gasteiger partial charge in [0.25, 0.3) is 0 Å². The number of unbranched alkanes of at least 4 members (excludes halogenated alkanes) is 22. The maximum Gasteiger partial charge on any atom is 0.305 e. The van der Waals surface area contributed by atoms with Crippen molar-refractivity contribution in [2.45, 2.75) is 232 Å². The number of phenolic OH excluding ortho intramolecular Hbond substituents is 2. The zero-order valence-electron chi connectivity index (χ0n) is 56.3. The number of hydrogen-bond donors (Lipinski definition) is 4. The highest BCUT2D eigenvalue weighted by molar-refractivity contribution is 6.32. The van der Waals surface area contributed by atoms with Crippen LogP contribution in [0.4, 0.5) is 22.7 Å². The Morgan fingerprint density at radius 1 is 0.351 bits per heavy atom. The molecule has 2 aliphatic rings. The second-order valence-electron chi connectivity index (χ2n) is 26.4. The summed E-state index contributed by atoms with van der Waals surface area (Å²) in [6.45, 7) is 5.24. The van der Waals surface area contributed by atoms with Crippen molar-refractivity contribution in [3.63, 3.8) is 0 Å². The number of fused-ring (bicyclic) bond motifs is 4. The molecule has 8 rings (SSSR count). The number of phenols is 2. The molecule has 2 unspecified atom stereocenters. The third-order valence-electron chi connectivity index (χ3n) is 19.3. The van der Waals surface area contributed by atoms with Gasteiger partial charge < -0.3 is 30.3 Å². The largest absolute Gasteiger partial charge is 0.507 e. The Morgan fingerprint density at radius 2 is 0.638 bits per heavy atom. The molecule has 502 valence electrons. The van der Waals surface area contributed by atoms with Crippen LogP contribution in [0.3, 0.4) is 0 Å². The number of hydrogen-bond acceptors (Lipinski definition) is 12. The van der Waals surface area contributed by atoms with Gasteiger partial charge in [-0.3, -0.25) is 28.8 Å². The van der Waals surface area contributed by atoms with Crippen molar-refractivity contribution in [3.8, 4) is 11.5 Å². The fourth-order valence-electron chi connectivity index (χ4n) is 13.9. The molecular weight excluding hydrogens is 1170 g/mol. The Labute approximate surface area is 559 Å². The van der Waals surface area contributed by atoms with E-state index in [1.165, 1.54) is 166 Å². The van der Waals surface area contributed by atoms with Crippen molar-refractivity contribution in [1.82, 2.24) is 0 Å². The summed E-state index contributed by atoms with van der Waals surface area (Å²) in [5.74, 6) is -0.414. The number of aromatic hydroxyl groups is 2. The summed E-state index contributed by atoms with van der Waals surface area (Å²) in [5, 5.41) is 27.7. The van der Waals surface area contributed by atoms with Crippen LogP contribution in [0.5, 0.6) is 11.5 Å².